The van der Waals surface area contributed by atoms with E-state index in [9.17, 15) is 14.7 Å². The Kier molecular flexibility index (Phi) is 7.04. The minimum Gasteiger partial charge on any atom is -0.454 e. The van der Waals surface area contributed by atoms with Crippen molar-refractivity contribution in [3.05, 3.63) is 94.9 Å². The molecule has 0 aromatic heterocycles. The molecule has 1 aliphatic rings. The summed E-state index contributed by atoms with van der Waals surface area (Å²) in [6, 6.07) is 15.2. The first-order valence-corrected chi connectivity index (χ1v) is 9.52. The lowest BCUT2D eigenvalue weighted by molar-refractivity contribution is -0.299. The van der Waals surface area contributed by atoms with Gasteiger partial charge in [-0.1, -0.05) is 47.6 Å². The number of aliphatic hydroxyl groups is 1. The average Bonchev–Trinajstić information content (AvgIpc) is 2.79. The fraction of sp³-hybridized carbons (Fsp3) is 0.273. The van der Waals surface area contributed by atoms with E-state index >= 15 is 0 Å². The molecular formula is C22H21N3O6. The minimum atomic E-state index is -2.03. The Morgan fingerprint density at radius 3 is 2.19 bits per heavy atom. The topological polar surface area (TPSA) is 131 Å². The molecule has 1 fully saturated rings. The second-order valence-electron chi connectivity index (χ2n) is 6.85. The molecule has 1 unspecified atom stereocenters. The number of carbonyl (C=O) groups is 2. The molecule has 0 amide bonds. The molecule has 2 aromatic rings. The number of azide groups is 1. The quantitative estimate of drug-likeness (QED) is 0.239. The summed E-state index contributed by atoms with van der Waals surface area (Å²) in [6.07, 6.45) is -1.51. The number of benzene rings is 2. The Labute approximate surface area is 178 Å². The van der Waals surface area contributed by atoms with Crippen LogP contribution in [0, 0.1) is 0 Å². The highest BCUT2D eigenvalue weighted by Crippen LogP contribution is 2.34. The predicted octanol–water partition coefficient (Wildman–Crippen LogP) is 3.41. The summed E-state index contributed by atoms with van der Waals surface area (Å²) in [6.45, 7) is 3.34. The van der Waals surface area contributed by atoms with Gasteiger partial charge in [0.05, 0.1) is 17.7 Å². The molecule has 9 heteroatoms. The number of esters is 2. The molecule has 160 valence electrons. The number of carbonyl (C=O) groups excluding carboxylic acids is 2. The maximum absolute atomic E-state index is 12.7. The molecule has 1 aliphatic heterocycles. The van der Waals surface area contributed by atoms with Gasteiger partial charge in [-0.05, 0) is 29.8 Å². The van der Waals surface area contributed by atoms with Crippen molar-refractivity contribution in [1.29, 1.82) is 0 Å². The van der Waals surface area contributed by atoms with Crippen molar-refractivity contribution >= 4 is 11.9 Å². The fourth-order valence-corrected chi connectivity index (χ4v) is 3.24. The summed E-state index contributed by atoms with van der Waals surface area (Å²) >= 11 is 0. The highest BCUT2D eigenvalue weighted by molar-refractivity contribution is 5.90. The van der Waals surface area contributed by atoms with Crippen LogP contribution in [-0.2, 0) is 14.2 Å². The molecule has 0 bridgehead atoms. The van der Waals surface area contributed by atoms with Gasteiger partial charge in [-0.2, -0.15) is 0 Å². The summed E-state index contributed by atoms with van der Waals surface area (Å²) in [7, 11) is 0. The van der Waals surface area contributed by atoms with Crippen LogP contribution in [0.25, 0.3) is 10.4 Å². The van der Waals surface area contributed by atoms with E-state index in [2.05, 4.69) is 16.6 Å². The lowest BCUT2D eigenvalue weighted by atomic mass is 9.92. The number of hydrogen-bond donors (Lipinski definition) is 1. The third-order valence-electron chi connectivity index (χ3n) is 4.76. The Morgan fingerprint density at radius 2 is 1.68 bits per heavy atom. The van der Waals surface area contributed by atoms with Crippen molar-refractivity contribution in [3.63, 3.8) is 0 Å². The van der Waals surface area contributed by atoms with Crippen molar-refractivity contribution in [2.75, 3.05) is 6.61 Å². The van der Waals surface area contributed by atoms with E-state index in [-0.39, 0.29) is 24.2 Å². The Bertz CT molecular complexity index is 977. The van der Waals surface area contributed by atoms with Crippen LogP contribution in [-0.4, -0.2) is 47.7 Å². The predicted molar refractivity (Wildman–Crippen MR) is 110 cm³/mol. The van der Waals surface area contributed by atoms with Gasteiger partial charge in [0.25, 0.3) is 0 Å². The van der Waals surface area contributed by atoms with Gasteiger partial charge < -0.3 is 19.3 Å². The molecule has 0 spiro atoms. The molecule has 0 aliphatic carbocycles. The van der Waals surface area contributed by atoms with Crippen LogP contribution < -0.4 is 0 Å². The zero-order valence-electron chi connectivity index (χ0n) is 16.5. The number of hydrogen-bond acceptors (Lipinski definition) is 7. The second kappa shape index (κ2) is 9.90. The van der Waals surface area contributed by atoms with Crippen LogP contribution in [0.2, 0.25) is 0 Å². The molecule has 4 atom stereocenters. The van der Waals surface area contributed by atoms with Crippen LogP contribution in [0.5, 0.6) is 0 Å². The largest absolute Gasteiger partial charge is 0.454 e. The summed E-state index contributed by atoms with van der Waals surface area (Å²) in [5.41, 5.74) is 9.41. The van der Waals surface area contributed by atoms with Gasteiger partial charge in [-0.15, -0.1) is 6.58 Å². The Balaban J connectivity index is 1.96. The van der Waals surface area contributed by atoms with E-state index in [1.54, 1.807) is 48.5 Å². The molecule has 1 heterocycles. The van der Waals surface area contributed by atoms with Crippen molar-refractivity contribution in [3.8, 4) is 0 Å². The van der Waals surface area contributed by atoms with E-state index in [0.29, 0.717) is 0 Å². The molecule has 3 rings (SSSR count). The van der Waals surface area contributed by atoms with Crippen molar-refractivity contribution in [2.24, 2.45) is 5.11 Å². The van der Waals surface area contributed by atoms with Crippen LogP contribution in [0.4, 0.5) is 0 Å². The van der Waals surface area contributed by atoms with Crippen LogP contribution in [0.15, 0.2) is 78.4 Å². The van der Waals surface area contributed by atoms with E-state index in [4.69, 9.17) is 19.7 Å². The first-order valence-electron chi connectivity index (χ1n) is 9.52. The van der Waals surface area contributed by atoms with Crippen LogP contribution >= 0.6 is 0 Å². The summed E-state index contributed by atoms with van der Waals surface area (Å²) in [5.74, 6) is -3.53. The van der Waals surface area contributed by atoms with Crippen LogP contribution in [0.1, 0.15) is 27.1 Å². The summed E-state index contributed by atoms with van der Waals surface area (Å²) in [5, 5.41) is 14.7. The number of nitrogens with zero attached hydrogens (tertiary/aromatic N) is 3. The van der Waals surface area contributed by atoms with Gasteiger partial charge in [0.1, 0.15) is 6.04 Å². The molecule has 9 nitrogen and oxygen atoms in total. The summed E-state index contributed by atoms with van der Waals surface area (Å²) < 4.78 is 16.6. The first kappa shape index (κ1) is 22.0. The van der Waals surface area contributed by atoms with Crippen LogP contribution in [0.3, 0.4) is 0 Å². The molecule has 1 saturated heterocycles. The van der Waals surface area contributed by atoms with Gasteiger partial charge in [-0.3, -0.25) is 0 Å². The summed E-state index contributed by atoms with van der Waals surface area (Å²) in [4.78, 5) is 28.2. The Hall–Kier alpha value is -3.65. The molecular weight excluding hydrogens is 402 g/mol. The zero-order valence-corrected chi connectivity index (χ0v) is 16.5. The smallest absolute Gasteiger partial charge is 0.338 e. The third kappa shape index (κ3) is 5.10. The maximum Gasteiger partial charge on any atom is 0.338 e. The number of ether oxygens (including phenoxy) is 3. The molecule has 31 heavy (non-hydrogen) atoms. The second-order valence-corrected chi connectivity index (χ2v) is 6.85. The van der Waals surface area contributed by atoms with Crippen molar-refractivity contribution in [2.45, 2.75) is 30.5 Å². The van der Waals surface area contributed by atoms with Gasteiger partial charge in [0, 0.05) is 11.3 Å². The standard InChI is InChI=1S/C22H21N3O6/c1-2-13-22(28)19(31-21(27)16-11-7-4-8-12-16)18(17(14-29-22)24-25-23)30-20(26)15-9-5-3-6-10-15/h2-12,17-19,28H,1,13-14H2/t17-,18-,19-,22?/m0/s1. The first-order chi connectivity index (χ1) is 15.0. The van der Waals surface area contributed by atoms with Gasteiger partial charge in [0.2, 0.25) is 5.79 Å². The molecule has 2 aromatic carbocycles. The molecule has 0 saturated carbocycles. The maximum atomic E-state index is 12.7. The van der Waals surface area contributed by atoms with Gasteiger partial charge in [-0.25, -0.2) is 9.59 Å². The monoisotopic (exact) mass is 423 g/mol. The highest BCUT2D eigenvalue weighted by Gasteiger charge is 2.53. The van der Waals surface area contributed by atoms with Gasteiger partial charge >= 0.3 is 11.9 Å². The highest BCUT2D eigenvalue weighted by atomic mass is 16.7. The fourth-order valence-electron chi connectivity index (χ4n) is 3.24. The minimum absolute atomic E-state index is 0.123. The molecule has 1 N–H and O–H groups in total. The van der Waals surface area contributed by atoms with Gasteiger partial charge in [0.15, 0.2) is 12.2 Å². The van der Waals surface area contributed by atoms with Crippen molar-refractivity contribution in [1.82, 2.24) is 0 Å². The normalized spacial score (nSPS) is 25.0. The molecule has 0 radical (unpaired) electrons. The lowest BCUT2D eigenvalue weighted by Crippen LogP contribution is -2.62. The lowest BCUT2D eigenvalue weighted by Gasteiger charge is -2.44. The zero-order chi connectivity index (χ0) is 22.3. The average molecular weight is 423 g/mol. The Morgan fingerprint density at radius 1 is 1.13 bits per heavy atom. The SMILES string of the molecule is C=CCC1(O)OC[C@H](N=[N+]=[N-])[C@H](OC(=O)c2ccccc2)[C@@H]1OC(=O)c1ccccc1. The number of rotatable bonds is 7. The van der Waals surface area contributed by atoms with Crippen molar-refractivity contribution < 1.29 is 28.9 Å². The van der Waals surface area contributed by atoms with E-state index in [0.717, 1.165) is 0 Å². The van der Waals surface area contributed by atoms with E-state index in [1.807, 2.05) is 0 Å². The van der Waals surface area contributed by atoms with E-state index in [1.165, 1.54) is 18.2 Å². The third-order valence-corrected chi connectivity index (χ3v) is 4.76. The van der Waals surface area contributed by atoms with E-state index < -0.39 is 36.0 Å².